The second-order valence-corrected chi connectivity index (χ2v) is 10.2. The van der Waals surface area contributed by atoms with Crippen molar-refractivity contribution < 1.29 is 9.53 Å². The summed E-state index contributed by atoms with van der Waals surface area (Å²) in [5.41, 5.74) is 5.33. The van der Waals surface area contributed by atoms with Crippen LogP contribution < -0.4 is 10.1 Å². The van der Waals surface area contributed by atoms with Crippen molar-refractivity contribution in [1.82, 2.24) is 25.0 Å². The lowest BCUT2D eigenvalue weighted by molar-refractivity contribution is 0.0939. The van der Waals surface area contributed by atoms with E-state index in [4.69, 9.17) is 9.72 Å². The van der Waals surface area contributed by atoms with Gasteiger partial charge in [0, 0.05) is 29.3 Å². The minimum atomic E-state index is -0.224. The Balaban J connectivity index is 1.40. The van der Waals surface area contributed by atoms with Crippen LogP contribution >= 0.6 is 0 Å². The lowest BCUT2D eigenvalue weighted by atomic mass is 9.93. The Morgan fingerprint density at radius 3 is 2.76 bits per heavy atom. The number of ether oxygens (including phenoxy) is 1. The second-order valence-electron chi connectivity index (χ2n) is 10.2. The van der Waals surface area contributed by atoms with Gasteiger partial charge in [-0.05, 0) is 82.6 Å². The molecule has 7 heteroatoms. The number of pyridine rings is 1. The zero-order valence-electron chi connectivity index (χ0n) is 22.1. The van der Waals surface area contributed by atoms with Crippen LogP contribution in [0.5, 0.6) is 5.75 Å². The van der Waals surface area contributed by atoms with E-state index in [2.05, 4.69) is 38.3 Å². The van der Waals surface area contributed by atoms with E-state index >= 15 is 0 Å². The monoisotopic (exact) mass is 497 g/mol. The number of aromatic nitrogens is 3. The van der Waals surface area contributed by atoms with Gasteiger partial charge in [-0.3, -0.25) is 9.48 Å². The molecule has 0 bridgehead atoms. The highest BCUT2D eigenvalue weighted by Crippen LogP contribution is 2.33. The number of para-hydroxylation sites is 1. The summed E-state index contributed by atoms with van der Waals surface area (Å²) >= 11 is 0. The fourth-order valence-electron chi connectivity index (χ4n) is 4.66. The number of nitrogens with one attached hydrogen (secondary N) is 1. The number of fused-ring (bicyclic) bond motifs is 1. The Hall–Kier alpha value is -3.71. The molecule has 0 saturated heterocycles. The molecule has 1 N–H and O–H groups in total. The molecule has 0 radical (unpaired) electrons. The standard InChI is InChI=1S/C30H35N5O2/c1-20-12-13-24(37-15-14-34(3)4)16-26(20)30(36)32-21(2)27-17-29(33-28-11-6-5-10-25(27)28)22-18-31-35(19-22)23-8-7-9-23/h5-6,10-13,16-19,21,23H,7-9,14-15H2,1-4H3,(H,32,36). The first kappa shape index (κ1) is 25.0. The maximum absolute atomic E-state index is 13.4. The first-order valence-corrected chi connectivity index (χ1v) is 13.0. The number of benzene rings is 2. The lowest BCUT2D eigenvalue weighted by Gasteiger charge is -2.25. The molecular weight excluding hydrogens is 462 g/mol. The van der Waals surface area contributed by atoms with Crippen LogP contribution in [0.3, 0.4) is 0 Å². The molecule has 1 unspecified atom stereocenters. The van der Waals surface area contributed by atoms with Gasteiger partial charge in [0.05, 0.1) is 29.5 Å². The normalized spacial score (nSPS) is 14.5. The first-order chi connectivity index (χ1) is 17.9. The number of rotatable bonds is 9. The molecule has 1 saturated carbocycles. The van der Waals surface area contributed by atoms with Crippen LogP contribution in [0.25, 0.3) is 22.2 Å². The van der Waals surface area contributed by atoms with E-state index in [1.54, 1.807) is 0 Å². The fourth-order valence-corrected chi connectivity index (χ4v) is 4.66. The van der Waals surface area contributed by atoms with Crippen LogP contribution in [0.1, 0.15) is 59.8 Å². The van der Waals surface area contributed by atoms with Crippen molar-refractivity contribution in [1.29, 1.82) is 0 Å². The number of carbonyl (C=O) groups excluding carboxylic acids is 1. The number of carbonyl (C=O) groups is 1. The van der Waals surface area contributed by atoms with Crippen molar-refractivity contribution in [3.63, 3.8) is 0 Å². The Morgan fingerprint density at radius 2 is 2.00 bits per heavy atom. The summed E-state index contributed by atoms with van der Waals surface area (Å²) in [7, 11) is 4.01. The average Bonchev–Trinajstić information content (AvgIpc) is 3.32. The summed E-state index contributed by atoms with van der Waals surface area (Å²) in [6, 6.07) is 16.1. The molecule has 2 aromatic carbocycles. The number of hydrogen-bond donors (Lipinski definition) is 1. The van der Waals surface area contributed by atoms with Crippen LogP contribution in [0, 0.1) is 6.92 Å². The van der Waals surface area contributed by atoms with E-state index in [1.807, 2.05) is 70.5 Å². The second kappa shape index (κ2) is 10.7. The molecule has 0 aliphatic heterocycles. The van der Waals surface area contributed by atoms with Crippen LogP contribution in [-0.4, -0.2) is 52.8 Å². The van der Waals surface area contributed by atoms with Gasteiger partial charge in [0.15, 0.2) is 0 Å². The molecule has 1 amide bonds. The van der Waals surface area contributed by atoms with Crippen molar-refractivity contribution in [2.45, 2.75) is 45.2 Å². The maximum Gasteiger partial charge on any atom is 0.252 e. The van der Waals surface area contributed by atoms with Crippen molar-refractivity contribution in [3.8, 4) is 17.0 Å². The molecule has 1 aliphatic carbocycles. The molecule has 4 aromatic rings. The van der Waals surface area contributed by atoms with Crippen molar-refractivity contribution >= 4 is 16.8 Å². The quantitative estimate of drug-likeness (QED) is 0.328. The Kier molecular flexibility index (Phi) is 7.24. The topological polar surface area (TPSA) is 72.3 Å². The van der Waals surface area contributed by atoms with Gasteiger partial charge in [-0.2, -0.15) is 5.10 Å². The van der Waals surface area contributed by atoms with E-state index < -0.39 is 0 Å². The molecule has 2 heterocycles. The fraction of sp³-hybridized carbons (Fsp3) is 0.367. The Labute approximate surface area is 218 Å². The molecule has 192 valence electrons. The molecule has 1 fully saturated rings. The van der Waals surface area contributed by atoms with Crippen molar-refractivity contribution in [2.75, 3.05) is 27.2 Å². The maximum atomic E-state index is 13.4. The third-order valence-electron chi connectivity index (χ3n) is 7.17. The van der Waals surface area contributed by atoms with Crippen molar-refractivity contribution in [2.24, 2.45) is 0 Å². The van der Waals surface area contributed by atoms with E-state index in [-0.39, 0.29) is 11.9 Å². The number of amides is 1. The van der Waals surface area contributed by atoms with Gasteiger partial charge in [-0.15, -0.1) is 0 Å². The largest absolute Gasteiger partial charge is 0.492 e. The minimum Gasteiger partial charge on any atom is -0.492 e. The number of hydrogen-bond acceptors (Lipinski definition) is 5. The highest BCUT2D eigenvalue weighted by atomic mass is 16.5. The van der Waals surface area contributed by atoms with Crippen LogP contribution in [0.2, 0.25) is 0 Å². The summed E-state index contributed by atoms with van der Waals surface area (Å²) in [5.74, 6) is 0.577. The molecule has 1 aliphatic rings. The minimum absolute atomic E-state index is 0.122. The van der Waals surface area contributed by atoms with E-state index in [0.717, 1.165) is 39.8 Å². The van der Waals surface area contributed by atoms with E-state index in [1.165, 1.54) is 19.3 Å². The third-order valence-corrected chi connectivity index (χ3v) is 7.17. The van der Waals surface area contributed by atoms with Gasteiger partial charge >= 0.3 is 0 Å². The SMILES string of the molecule is Cc1ccc(OCCN(C)C)cc1C(=O)NC(C)c1cc(-c2cnn(C3CCC3)c2)nc2ccccc12. The molecule has 2 aromatic heterocycles. The summed E-state index contributed by atoms with van der Waals surface area (Å²) < 4.78 is 7.93. The van der Waals surface area contributed by atoms with E-state index in [9.17, 15) is 4.79 Å². The molecule has 37 heavy (non-hydrogen) atoms. The average molecular weight is 498 g/mol. The number of likely N-dealkylation sites (N-methyl/N-ethyl adjacent to an activating group) is 1. The molecule has 1 atom stereocenters. The van der Waals surface area contributed by atoms with Gasteiger partial charge in [0.2, 0.25) is 0 Å². The zero-order valence-corrected chi connectivity index (χ0v) is 22.1. The number of nitrogens with zero attached hydrogens (tertiary/aromatic N) is 4. The lowest BCUT2D eigenvalue weighted by Crippen LogP contribution is -2.27. The van der Waals surface area contributed by atoms with E-state index in [0.29, 0.717) is 24.0 Å². The molecule has 5 rings (SSSR count). The van der Waals surface area contributed by atoms with Gasteiger partial charge in [0.25, 0.3) is 5.91 Å². The number of aryl methyl sites for hydroxylation is 1. The molecule has 0 spiro atoms. The summed E-state index contributed by atoms with van der Waals surface area (Å²) in [5, 5.41) is 8.84. The predicted octanol–water partition coefficient (Wildman–Crippen LogP) is 5.56. The van der Waals surface area contributed by atoms with Crippen LogP contribution in [0.4, 0.5) is 0 Å². The molecular formula is C30H35N5O2. The smallest absolute Gasteiger partial charge is 0.252 e. The third kappa shape index (κ3) is 5.52. The predicted molar refractivity (Wildman–Crippen MR) is 147 cm³/mol. The van der Waals surface area contributed by atoms with Crippen LogP contribution in [-0.2, 0) is 0 Å². The summed E-state index contributed by atoms with van der Waals surface area (Å²) in [6.07, 6.45) is 7.62. The highest BCUT2D eigenvalue weighted by Gasteiger charge is 2.22. The van der Waals surface area contributed by atoms with Crippen LogP contribution in [0.15, 0.2) is 60.9 Å². The van der Waals surface area contributed by atoms with Gasteiger partial charge in [-0.25, -0.2) is 4.98 Å². The Bertz CT molecular complexity index is 1410. The zero-order chi connectivity index (χ0) is 25.9. The summed E-state index contributed by atoms with van der Waals surface area (Å²) in [6.45, 7) is 5.34. The molecule has 7 nitrogen and oxygen atoms in total. The van der Waals surface area contributed by atoms with Gasteiger partial charge < -0.3 is 15.0 Å². The van der Waals surface area contributed by atoms with Crippen molar-refractivity contribution in [3.05, 3.63) is 77.6 Å². The first-order valence-electron chi connectivity index (χ1n) is 13.0. The summed E-state index contributed by atoms with van der Waals surface area (Å²) in [4.78, 5) is 20.4. The van der Waals surface area contributed by atoms with Gasteiger partial charge in [0.1, 0.15) is 12.4 Å². The Morgan fingerprint density at radius 1 is 1.19 bits per heavy atom. The highest BCUT2D eigenvalue weighted by molar-refractivity contribution is 5.96. The van der Waals surface area contributed by atoms with Gasteiger partial charge in [-0.1, -0.05) is 24.3 Å².